The van der Waals surface area contributed by atoms with E-state index in [0.717, 1.165) is 29.0 Å². The number of para-hydroxylation sites is 1. The number of rotatable bonds is 4. The second kappa shape index (κ2) is 8.51. The average Bonchev–Trinajstić information content (AvgIpc) is 3.16. The molecule has 2 aromatic rings. The van der Waals surface area contributed by atoms with E-state index in [-0.39, 0.29) is 11.5 Å². The van der Waals surface area contributed by atoms with Crippen LogP contribution in [0.1, 0.15) is 59.2 Å². The van der Waals surface area contributed by atoms with Crippen molar-refractivity contribution in [3.05, 3.63) is 52.3 Å². The Labute approximate surface area is 188 Å². The molecule has 2 heterocycles. The highest BCUT2D eigenvalue weighted by Gasteiger charge is 2.37. The van der Waals surface area contributed by atoms with Gasteiger partial charge in [-0.15, -0.1) is 0 Å². The summed E-state index contributed by atoms with van der Waals surface area (Å²) in [7, 11) is 3.18. The minimum absolute atomic E-state index is 0.111. The van der Waals surface area contributed by atoms with Gasteiger partial charge in [-0.3, -0.25) is 9.69 Å². The summed E-state index contributed by atoms with van der Waals surface area (Å²) < 4.78 is 23.3. The summed E-state index contributed by atoms with van der Waals surface area (Å²) in [5.41, 5.74) is 3.20. The Morgan fingerprint density at radius 3 is 2.69 bits per heavy atom. The van der Waals surface area contributed by atoms with Gasteiger partial charge in [-0.2, -0.15) is 0 Å². The van der Waals surface area contributed by atoms with Crippen LogP contribution in [0.15, 0.2) is 30.0 Å². The Hall–Kier alpha value is -2.99. The molecule has 6 nitrogen and oxygen atoms in total. The molecule has 32 heavy (non-hydrogen) atoms. The number of methoxy groups -OCH3 is 2. The Balaban J connectivity index is 1.50. The lowest BCUT2D eigenvalue weighted by molar-refractivity contribution is 0.0393. The number of allylic oxidation sites excluding steroid dienone is 1. The van der Waals surface area contributed by atoms with Crippen molar-refractivity contribution < 1.29 is 23.7 Å². The third-order valence-electron chi connectivity index (χ3n) is 6.76. The van der Waals surface area contributed by atoms with Gasteiger partial charge in [0.05, 0.1) is 25.3 Å². The molecule has 0 N–H and O–H groups in total. The minimum atomic E-state index is -0.111. The highest BCUT2D eigenvalue weighted by molar-refractivity contribution is 6.16. The monoisotopic (exact) mass is 435 g/mol. The Morgan fingerprint density at radius 2 is 1.94 bits per heavy atom. The molecule has 1 aliphatic carbocycles. The quantitative estimate of drug-likeness (QED) is 0.622. The summed E-state index contributed by atoms with van der Waals surface area (Å²) in [5, 5.41) is 0. The van der Waals surface area contributed by atoms with Crippen molar-refractivity contribution in [2.75, 3.05) is 21.0 Å². The Bertz CT molecular complexity index is 1080. The maximum atomic E-state index is 13.3. The molecule has 0 aromatic heterocycles. The van der Waals surface area contributed by atoms with E-state index in [1.54, 1.807) is 20.3 Å². The predicted octanol–water partition coefficient (Wildman–Crippen LogP) is 5.11. The molecule has 0 radical (unpaired) electrons. The van der Waals surface area contributed by atoms with Gasteiger partial charge in [0.2, 0.25) is 5.78 Å². The average molecular weight is 436 g/mol. The molecule has 1 saturated carbocycles. The van der Waals surface area contributed by atoms with Gasteiger partial charge in [-0.1, -0.05) is 31.4 Å². The third-order valence-corrected chi connectivity index (χ3v) is 6.76. The van der Waals surface area contributed by atoms with Crippen LogP contribution in [-0.4, -0.2) is 37.7 Å². The minimum Gasteiger partial charge on any atom is -0.493 e. The number of nitrogens with zero attached hydrogens (tertiary/aromatic N) is 1. The normalized spacial score (nSPS) is 19.8. The van der Waals surface area contributed by atoms with Crippen LogP contribution in [0, 0.1) is 6.92 Å². The van der Waals surface area contributed by atoms with Crippen LogP contribution < -0.4 is 18.9 Å². The smallest absolute Gasteiger partial charge is 0.232 e. The van der Waals surface area contributed by atoms with Crippen LogP contribution >= 0.6 is 0 Å². The summed E-state index contributed by atoms with van der Waals surface area (Å²) in [5.74, 6) is 2.81. The van der Waals surface area contributed by atoms with Gasteiger partial charge >= 0.3 is 0 Å². The largest absolute Gasteiger partial charge is 0.493 e. The maximum Gasteiger partial charge on any atom is 0.232 e. The van der Waals surface area contributed by atoms with Gasteiger partial charge in [0.25, 0.3) is 0 Å². The first kappa shape index (κ1) is 20.9. The van der Waals surface area contributed by atoms with Gasteiger partial charge in [0.15, 0.2) is 17.3 Å². The van der Waals surface area contributed by atoms with Gasteiger partial charge < -0.3 is 18.9 Å². The lowest BCUT2D eigenvalue weighted by Crippen LogP contribution is -2.41. The fraction of sp³-hybridized carbons (Fsp3) is 0.423. The number of fused-ring (bicyclic) bond motifs is 3. The number of hydrogen-bond acceptors (Lipinski definition) is 6. The molecule has 3 aliphatic rings. The Morgan fingerprint density at radius 1 is 1.12 bits per heavy atom. The van der Waals surface area contributed by atoms with Crippen molar-refractivity contribution in [2.24, 2.45) is 0 Å². The molecular formula is C26H29NO5. The topological polar surface area (TPSA) is 57.2 Å². The molecule has 1 fully saturated rings. The fourth-order valence-electron chi connectivity index (χ4n) is 5.09. The number of aryl methyl sites for hydroxylation is 1. The van der Waals surface area contributed by atoms with Crippen LogP contribution in [0.25, 0.3) is 6.08 Å². The molecule has 168 valence electrons. The van der Waals surface area contributed by atoms with Gasteiger partial charge in [-0.25, -0.2) is 0 Å². The molecule has 0 atom stereocenters. The van der Waals surface area contributed by atoms with E-state index >= 15 is 0 Å². The molecule has 2 aromatic carbocycles. The lowest BCUT2D eigenvalue weighted by Gasteiger charge is -2.37. The molecule has 0 saturated heterocycles. The van der Waals surface area contributed by atoms with E-state index in [0.29, 0.717) is 35.6 Å². The fourth-order valence-corrected chi connectivity index (χ4v) is 5.09. The van der Waals surface area contributed by atoms with Crippen molar-refractivity contribution in [2.45, 2.75) is 51.6 Å². The summed E-state index contributed by atoms with van der Waals surface area (Å²) in [6, 6.07) is 8.07. The molecule has 0 unspecified atom stereocenters. The van der Waals surface area contributed by atoms with Crippen LogP contribution in [0.2, 0.25) is 0 Å². The highest BCUT2D eigenvalue weighted by Crippen LogP contribution is 2.45. The number of hydrogen-bond donors (Lipinski definition) is 0. The van der Waals surface area contributed by atoms with E-state index in [4.69, 9.17) is 18.9 Å². The molecule has 0 spiro atoms. The van der Waals surface area contributed by atoms with Crippen molar-refractivity contribution in [3.63, 3.8) is 0 Å². The SMILES string of the molecule is COc1cccc(/C=C2\Oc3c4c(cc(C)c3C2=O)OCN(C2CCCCC2)C4)c1OC. The molecular weight excluding hydrogens is 406 g/mol. The second-order valence-corrected chi connectivity index (χ2v) is 8.71. The molecule has 5 rings (SSSR count). The first-order valence-corrected chi connectivity index (χ1v) is 11.3. The first-order valence-electron chi connectivity index (χ1n) is 11.3. The van der Waals surface area contributed by atoms with Crippen LogP contribution in [-0.2, 0) is 6.54 Å². The second-order valence-electron chi connectivity index (χ2n) is 8.71. The van der Waals surface area contributed by atoms with Crippen LogP contribution in [0.4, 0.5) is 0 Å². The number of ketones is 1. The van der Waals surface area contributed by atoms with Crippen molar-refractivity contribution in [3.8, 4) is 23.0 Å². The number of benzene rings is 2. The zero-order chi connectivity index (χ0) is 22.2. The van der Waals surface area contributed by atoms with E-state index in [1.165, 1.54) is 32.1 Å². The molecule has 6 heteroatoms. The van der Waals surface area contributed by atoms with Gasteiger partial charge in [0, 0.05) is 18.2 Å². The Kier molecular flexibility index (Phi) is 5.55. The summed E-state index contributed by atoms with van der Waals surface area (Å²) in [6.45, 7) is 3.27. The van der Waals surface area contributed by atoms with Gasteiger partial charge in [0.1, 0.15) is 18.2 Å². The number of carbonyl (C=O) groups is 1. The van der Waals surface area contributed by atoms with Crippen LogP contribution in [0.3, 0.4) is 0 Å². The van der Waals surface area contributed by atoms with Crippen molar-refractivity contribution >= 4 is 11.9 Å². The van der Waals surface area contributed by atoms with E-state index < -0.39 is 0 Å². The lowest BCUT2D eigenvalue weighted by atomic mass is 9.93. The third kappa shape index (κ3) is 3.52. The maximum absolute atomic E-state index is 13.3. The molecule has 0 bridgehead atoms. The number of ether oxygens (including phenoxy) is 4. The van der Waals surface area contributed by atoms with Gasteiger partial charge in [-0.05, 0) is 43.5 Å². The van der Waals surface area contributed by atoms with Crippen LogP contribution in [0.5, 0.6) is 23.0 Å². The first-order chi connectivity index (χ1) is 15.6. The summed E-state index contributed by atoms with van der Waals surface area (Å²) >= 11 is 0. The standard InChI is InChI=1S/C26H29NO5/c1-16-12-21-19(14-27(15-31-21)18-9-5-4-6-10-18)26-23(16)24(28)22(32-26)13-17-8-7-11-20(29-2)25(17)30-3/h7-8,11-13,18H,4-6,9-10,14-15H2,1-3H3/b22-13-. The number of carbonyl (C=O) groups excluding carboxylic acids is 1. The predicted molar refractivity (Wildman–Crippen MR) is 122 cm³/mol. The highest BCUT2D eigenvalue weighted by atomic mass is 16.5. The van der Waals surface area contributed by atoms with E-state index in [1.807, 2.05) is 31.2 Å². The van der Waals surface area contributed by atoms with Crippen molar-refractivity contribution in [1.29, 1.82) is 0 Å². The summed E-state index contributed by atoms with van der Waals surface area (Å²) in [4.78, 5) is 15.7. The van der Waals surface area contributed by atoms with Crippen molar-refractivity contribution in [1.82, 2.24) is 4.90 Å². The molecule has 0 amide bonds. The number of Topliss-reactive ketones (excluding diaryl/α,β-unsaturated/α-hetero) is 1. The zero-order valence-corrected chi connectivity index (χ0v) is 18.9. The summed E-state index contributed by atoms with van der Waals surface area (Å²) in [6.07, 6.45) is 7.99. The molecule has 2 aliphatic heterocycles. The zero-order valence-electron chi connectivity index (χ0n) is 18.9. The van der Waals surface area contributed by atoms with E-state index in [2.05, 4.69) is 4.90 Å². The van der Waals surface area contributed by atoms with E-state index in [9.17, 15) is 4.79 Å².